The van der Waals surface area contributed by atoms with Gasteiger partial charge in [-0.2, -0.15) is 5.26 Å². The summed E-state index contributed by atoms with van der Waals surface area (Å²) in [5.41, 5.74) is 0.752. The van der Waals surface area contributed by atoms with Gasteiger partial charge in [0.2, 0.25) is 5.91 Å². The highest BCUT2D eigenvalue weighted by atomic mass is 16.5. The third kappa shape index (κ3) is 7.87. The first-order chi connectivity index (χ1) is 19.6. The lowest BCUT2D eigenvalue weighted by molar-refractivity contribution is -0.133. The number of carbonyl (C=O) groups excluding carboxylic acids is 2. The normalized spacial score (nSPS) is 22.6. The van der Waals surface area contributed by atoms with Gasteiger partial charge in [-0.1, -0.05) is 55.7 Å². The smallest absolute Gasteiger partial charge is 0.253 e. The van der Waals surface area contributed by atoms with E-state index in [1.165, 1.54) is 37.8 Å². The molecule has 1 aliphatic carbocycles. The van der Waals surface area contributed by atoms with Gasteiger partial charge in [-0.15, -0.1) is 0 Å². The van der Waals surface area contributed by atoms with E-state index in [9.17, 15) is 20.0 Å². The topological polar surface area (TPSA) is 115 Å². The van der Waals surface area contributed by atoms with Crippen molar-refractivity contribution in [2.24, 2.45) is 11.8 Å². The summed E-state index contributed by atoms with van der Waals surface area (Å²) in [4.78, 5) is 29.3. The maximum Gasteiger partial charge on any atom is 0.253 e. The van der Waals surface area contributed by atoms with E-state index in [1.54, 1.807) is 13.2 Å². The van der Waals surface area contributed by atoms with Crippen LogP contribution in [0.15, 0.2) is 48.5 Å². The molecule has 2 fully saturated rings. The summed E-state index contributed by atoms with van der Waals surface area (Å²) in [6.07, 6.45) is 5.69. The fraction of sp³-hybridized carbons (Fsp3) is 0.545. The van der Waals surface area contributed by atoms with Gasteiger partial charge in [0, 0.05) is 25.7 Å². The second-order valence-electron chi connectivity index (χ2n) is 12.6. The molecule has 1 heterocycles. The lowest BCUT2D eigenvalue weighted by atomic mass is 9.72. The molecule has 3 N–H and O–H groups in total. The Morgan fingerprint density at radius 3 is 2.46 bits per heavy atom. The van der Waals surface area contributed by atoms with Gasteiger partial charge in [0.15, 0.2) is 0 Å². The van der Waals surface area contributed by atoms with Crippen molar-refractivity contribution in [2.45, 2.75) is 83.0 Å². The number of piperidine rings is 1. The van der Waals surface area contributed by atoms with Gasteiger partial charge in [0.25, 0.3) is 5.91 Å². The first kappa shape index (κ1) is 30.5. The number of nitriles is 1. The van der Waals surface area contributed by atoms with Crippen LogP contribution >= 0.6 is 0 Å². The number of rotatable bonds is 9. The monoisotopic (exact) mass is 560 g/mol. The number of ether oxygens (including phenoxy) is 1. The number of aromatic hydroxyl groups is 1. The molecule has 1 saturated carbocycles. The van der Waals surface area contributed by atoms with E-state index in [-0.39, 0.29) is 34.4 Å². The Hall–Kier alpha value is -3.41. The summed E-state index contributed by atoms with van der Waals surface area (Å²) in [5, 5.41) is 26.1. The van der Waals surface area contributed by atoms with E-state index >= 15 is 0 Å². The van der Waals surface area contributed by atoms with Crippen molar-refractivity contribution in [3.8, 4) is 11.8 Å². The molecule has 0 bridgehead atoms. The summed E-state index contributed by atoms with van der Waals surface area (Å²) in [6.45, 7) is 7.31. The lowest BCUT2D eigenvalue weighted by Crippen LogP contribution is -2.60. The molecule has 0 spiro atoms. The fourth-order valence-electron chi connectivity index (χ4n) is 6.46. The van der Waals surface area contributed by atoms with E-state index in [1.807, 2.05) is 57.2 Å². The first-order valence-corrected chi connectivity index (χ1v) is 14.8. The van der Waals surface area contributed by atoms with E-state index in [4.69, 9.17) is 4.74 Å². The maximum absolute atomic E-state index is 13.6. The number of nitrogens with zero attached hydrogens (tertiary/aromatic N) is 2. The molecule has 0 radical (unpaired) electrons. The van der Waals surface area contributed by atoms with Crippen LogP contribution in [0, 0.1) is 23.2 Å². The first-order valence-electron chi connectivity index (χ1n) is 14.8. The van der Waals surface area contributed by atoms with Gasteiger partial charge in [-0.05, 0) is 69.6 Å². The molecule has 5 atom stereocenters. The van der Waals surface area contributed by atoms with E-state index < -0.39 is 18.1 Å². The number of amides is 2. The number of hydrogen-bond donors (Lipinski definition) is 3. The number of fused-ring (bicyclic) bond motifs is 1. The number of phenols is 1. The Kier molecular flexibility index (Phi) is 10.1. The molecule has 2 aromatic carbocycles. The Bertz CT molecular complexity index is 1240. The lowest BCUT2D eigenvalue weighted by Gasteiger charge is -2.47. The average molecular weight is 561 g/mol. The minimum atomic E-state index is -0.451. The van der Waals surface area contributed by atoms with E-state index in [2.05, 4.69) is 15.5 Å². The van der Waals surface area contributed by atoms with Crippen LogP contribution in [0.4, 0.5) is 0 Å². The fourth-order valence-corrected chi connectivity index (χ4v) is 6.46. The third-order valence-electron chi connectivity index (χ3n) is 8.48. The SMILES string of the molecule is CO[C@H](CN1C[C@H]2CCCC[C@H]2C[C@H]1C(=O)NC(C)(C)C)[C@H](Cc1ccccc1)NC(=O)c1cccc(O)c1C#N. The Labute approximate surface area is 244 Å². The summed E-state index contributed by atoms with van der Waals surface area (Å²) in [5.74, 6) is 0.456. The predicted octanol–water partition coefficient (Wildman–Crippen LogP) is 4.42. The molecule has 2 aromatic rings. The highest BCUT2D eigenvalue weighted by molar-refractivity contribution is 5.97. The zero-order valence-electron chi connectivity index (χ0n) is 24.7. The quantitative estimate of drug-likeness (QED) is 0.419. The largest absolute Gasteiger partial charge is 0.507 e. The number of carbonyl (C=O) groups is 2. The number of hydrogen-bond acceptors (Lipinski definition) is 6. The van der Waals surface area contributed by atoms with Crippen LogP contribution in [-0.4, -0.2) is 65.7 Å². The van der Waals surface area contributed by atoms with Crippen LogP contribution in [0.5, 0.6) is 5.75 Å². The van der Waals surface area contributed by atoms with Crippen molar-refractivity contribution in [1.29, 1.82) is 5.26 Å². The number of methoxy groups -OCH3 is 1. The summed E-state index contributed by atoms with van der Waals surface area (Å²) >= 11 is 0. The molecule has 220 valence electrons. The van der Waals surface area contributed by atoms with Crippen molar-refractivity contribution in [1.82, 2.24) is 15.5 Å². The molecule has 1 saturated heterocycles. The van der Waals surface area contributed by atoms with Gasteiger partial charge < -0.3 is 20.5 Å². The van der Waals surface area contributed by atoms with Gasteiger partial charge in [-0.3, -0.25) is 14.5 Å². The number of phenolic OH excluding ortho intramolecular Hbond substituents is 1. The van der Waals surface area contributed by atoms with Crippen molar-refractivity contribution in [3.63, 3.8) is 0 Å². The van der Waals surface area contributed by atoms with Crippen molar-refractivity contribution >= 4 is 11.8 Å². The zero-order valence-corrected chi connectivity index (χ0v) is 24.7. The van der Waals surface area contributed by atoms with Crippen LogP contribution in [0.2, 0.25) is 0 Å². The van der Waals surface area contributed by atoms with Crippen LogP contribution in [0.1, 0.15) is 74.4 Å². The van der Waals surface area contributed by atoms with Crippen molar-refractivity contribution < 1.29 is 19.4 Å². The van der Waals surface area contributed by atoms with E-state index in [0.29, 0.717) is 24.8 Å². The van der Waals surface area contributed by atoms with Crippen LogP contribution in [0.25, 0.3) is 0 Å². The minimum absolute atomic E-state index is 0.0402. The summed E-state index contributed by atoms with van der Waals surface area (Å²) in [7, 11) is 1.64. The molecule has 4 rings (SSSR count). The van der Waals surface area contributed by atoms with Gasteiger partial charge >= 0.3 is 0 Å². The van der Waals surface area contributed by atoms with Gasteiger partial charge in [-0.25, -0.2) is 0 Å². The standard InChI is InChI=1S/C33H44N4O4/c1-33(2,3)36-32(40)28-18-23-13-8-9-14-24(23)20-37(28)21-30(41-4)27(17-22-11-6-5-7-12-22)35-31(39)25-15-10-16-29(38)26(25)19-34/h5-7,10-12,15-16,23-24,27-28,30,38H,8-9,13-14,17-18,20-21H2,1-4H3,(H,35,39)(H,36,40)/t23-,24+,27-,28-,30+/m0/s1. The highest BCUT2D eigenvalue weighted by Crippen LogP contribution is 2.39. The van der Waals surface area contributed by atoms with Gasteiger partial charge in [0.1, 0.15) is 17.4 Å². The number of benzene rings is 2. The zero-order chi connectivity index (χ0) is 29.6. The molecule has 1 aliphatic heterocycles. The number of likely N-dealkylation sites (tertiary alicyclic amines) is 1. The summed E-state index contributed by atoms with van der Waals surface area (Å²) in [6, 6.07) is 15.6. The predicted molar refractivity (Wildman–Crippen MR) is 158 cm³/mol. The van der Waals surface area contributed by atoms with Crippen LogP contribution < -0.4 is 10.6 Å². The third-order valence-corrected chi connectivity index (χ3v) is 8.48. The second-order valence-corrected chi connectivity index (χ2v) is 12.6. The Morgan fingerprint density at radius 2 is 1.80 bits per heavy atom. The molecule has 41 heavy (non-hydrogen) atoms. The maximum atomic E-state index is 13.6. The summed E-state index contributed by atoms with van der Waals surface area (Å²) < 4.78 is 6.07. The number of nitrogens with one attached hydrogen (secondary N) is 2. The average Bonchev–Trinajstić information content (AvgIpc) is 2.94. The Balaban J connectivity index is 1.61. The van der Waals surface area contributed by atoms with Crippen LogP contribution in [-0.2, 0) is 16.0 Å². The molecular weight excluding hydrogens is 516 g/mol. The molecule has 0 unspecified atom stereocenters. The van der Waals surface area contributed by atoms with Crippen molar-refractivity contribution in [2.75, 3.05) is 20.2 Å². The minimum Gasteiger partial charge on any atom is -0.507 e. The van der Waals surface area contributed by atoms with Crippen LogP contribution in [0.3, 0.4) is 0 Å². The van der Waals surface area contributed by atoms with Gasteiger partial charge in [0.05, 0.1) is 23.8 Å². The molecule has 2 aliphatic rings. The van der Waals surface area contributed by atoms with E-state index in [0.717, 1.165) is 18.5 Å². The molecule has 8 heteroatoms. The Morgan fingerprint density at radius 1 is 1.10 bits per heavy atom. The van der Waals surface area contributed by atoms with Crippen molar-refractivity contribution in [3.05, 3.63) is 65.2 Å². The molecule has 8 nitrogen and oxygen atoms in total. The second kappa shape index (κ2) is 13.5. The molecule has 0 aromatic heterocycles. The highest BCUT2D eigenvalue weighted by Gasteiger charge is 2.42. The molecule has 2 amide bonds. The molecular formula is C33H44N4O4.